The Morgan fingerprint density at radius 1 is 1.41 bits per heavy atom. The zero-order valence-electron chi connectivity index (χ0n) is 10.1. The van der Waals surface area contributed by atoms with Gasteiger partial charge in [-0.3, -0.25) is 4.79 Å². The average molecular weight is 248 g/mol. The third-order valence-electron chi connectivity index (χ3n) is 2.78. The molecule has 1 amide bonds. The Hall–Kier alpha value is -1.42. The van der Waals surface area contributed by atoms with Crippen LogP contribution in [0.2, 0.25) is 0 Å². The largest absolute Gasteiger partial charge is 0.361 e. The van der Waals surface area contributed by atoms with E-state index in [0.717, 1.165) is 28.8 Å². The molecule has 0 aliphatic rings. The summed E-state index contributed by atoms with van der Waals surface area (Å²) >= 11 is 1.75. The molecule has 0 atom stereocenters. The number of hydrogen-bond donors (Lipinski definition) is 1. The summed E-state index contributed by atoms with van der Waals surface area (Å²) in [5, 5.41) is 1.13. The van der Waals surface area contributed by atoms with Gasteiger partial charge in [0.25, 0.3) is 5.91 Å². The molecule has 1 aromatic carbocycles. The van der Waals surface area contributed by atoms with Gasteiger partial charge in [-0.1, -0.05) is 6.07 Å². The summed E-state index contributed by atoms with van der Waals surface area (Å²) in [7, 11) is 1.84. The van der Waals surface area contributed by atoms with E-state index in [0.29, 0.717) is 0 Å². The monoisotopic (exact) mass is 248 g/mol. The third kappa shape index (κ3) is 2.64. The molecular weight excluding hydrogens is 232 g/mol. The van der Waals surface area contributed by atoms with Gasteiger partial charge in [0.05, 0.1) is 0 Å². The Kier molecular flexibility index (Phi) is 3.74. The van der Waals surface area contributed by atoms with Gasteiger partial charge < -0.3 is 9.88 Å². The minimum atomic E-state index is 0.0792. The van der Waals surface area contributed by atoms with E-state index in [1.165, 1.54) is 0 Å². The van der Waals surface area contributed by atoms with Crippen molar-refractivity contribution in [1.82, 2.24) is 9.88 Å². The molecule has 2 aromatic rings. The number of benzene rings is 1. The van der Waals surface area contributed by atoms with Gasteiger partial charge in [-0.05, 0) is 29.8 Å². The van der Waals surface area contributed by atoms with Crippen molar-refractivity contribution >= 4 is 28.6 Å². The lowest BCUT2D eigenvalue weighted by Crippen LogP contribution is -2.28. The number of hydrogen-bond acceptors (Lipinski definition) is 2. The molecule has 0 bridgehead atoms. The SMILES string of the molecule is CSCCN(C)C(=O)c1ccc2cc[nH]c2c1. The summed E-state index contributed by atoms with van der Waals surface area (Å²) in [6.45, 7) is 0.781. The molecule has 0 saturated carbocycles. The van der Waals surface area contributed by atoms with Crippen molar-refractivity contribution in [1.29, 1.82) is 0 Å². The van der Waals surface area contributed by atoms with Gasteiger partial charge in [0.15, 0.2) is 0 Å². The second kappa shape index (κ2) is 5.27. The van der Waals surface area contributed by atoms with Crippen molar-refractivity contribution in [2.24, 2.45) is 0 Å². The standard InChI is InChI=1S/C13H16N2OS/c1-15(7-8-17-2)13(16)11-4-3-10-5-6-14-12(10)9-11/h3-6,9,14H,7-8H2,1-2H3. The maximum Gasteiger partial charge on any atom is 0.253 e. The van der Waals surface area contributed by atoms with E-state index in [1.54, 1.807) is 16.7 Å². The van der Waals surface area contributed by atoms with Gasteiger partial charge in [-0.2, -0.15) is 11.8 Å². The molecule has 0 unspecified atom stereocenters. The van der Waals surface area contributed by atoms with Crippen LogP contribution < -0.4 is 0 Å². The number of nitrogens with one attached hydrogen (secondary N) is 1. The van der Waals surface area contributed by atoms with Crippen molar-refractivity contribution in [3.8, 4) is 0 Å². The van der Waals surface area contributed by atoms with E-state index < -0.39 is 0 Å². The Balaban J connectivity index is 2.17. The van der Waals surface area contributed by atoms with Gasteiger partial charge >= 0.3 is 0 Å². The molecule has 0 fully saturated rings. The Bertz CT molecular complexity index is 521. The Morgan fingerprint density at radius 3 is 3.00 bits per heavy atom. The highest BCUT2D eigenvalue weighted by Crippen LogP contribution is 2.15. The first-order valence-corrected chi connectivity index (χ1v) is 6.93. The van der Waals surface area contributed by atoms with Gasteiger partial charge in [0.1, 0.15) is 0 Å². The molecule has 4 heteroatoms. The van der Waals surface area contributed by atoms with Crippen LogP contribution in [0.25, 0.3) is 10.9 Å². The molecule has 0 saturated heterocycles. The zero-order valence-corrected chi connectivity index (χ0v) is 10.9. The fourth-order valence-corrected chi connectivity index (χ4v) is 2.19. The van der Waals surface area contributed by atoms with Crippen LogP contribution in [0.5, 0.6) is 0 Å². The summed E-state index contributed by atoms with van der Waals surface area (Å²) in [6, 6.07) is 7.77. The number of H-pyrrole nitrogens is 1. The lowest BCUT2D eigenvalue weighted by molar-refractivity contribution is 0.0804. The van der Waals surface area contributed by atoms with Crippen molar-refractivity contribution in [3.63, 3.8) is 0 Å². The van der Waals surface area contributed by atoms with E-state index in [4.69, 9.17) is 0 Å². The molecule has 0 aliphatic heterocycles. The smallest absolute Gasteiger partial charge is 0.253 e. The predicted molar refractivity (Wildman–Crippen MR) is 73.6 cm³/mol. The van der Waals surface area contributed by atoms with E-state index in [1.807, 2.05) is 43.8 Å². The molecule has 90 valence electrons. The fourth-order valence-electron chi connectivity index (χ4n) is 1.73. The normalized spacial score (nSPS) is 10.7. The third-order valence-corrected chi connectivity index (χ3v) is 3.37. The molecule has 0 radical (unpaired) electrons. The van der Waals surface area contributed by atoms with Crippen molar-refractivity contribution in [2.45, 2.75) is 0 Å². The van der Waals surface area contributed by atoms with Gasteiger partial charge in [-0.25, -0.2) is 0 Å². The fraction of sp³-hybridized carbons (Fsp3) is 0.308. The summed E-state index contributed by atoms with van der Waals surface area (Å²) in [4.78, 5) is 17.0. The quantitative estimate of drug-likeness (QED) is 0.903. The van der Waals surface area contributed by atoms with Crippen LogP contribution in [0.15, 0.2) is 30.5 Å². The van der Waals surface area contributed by atoms with E-state index in [2.05, 4.69) is 4.98 Å². The lowest BCUT2D eigenvalue weighted by atomic mass is 10.1. The van der Waals surface area contributed by atoms with Crippen molar-refractivity contribution < 1.29 is 4.79 Å². The van der Waals surface area contributed by atoms with Gasteiger partial charge in [0.2, 0.25) is 0 Å². The summed E-state index contributed by atoms with van der Waals surface area (Å²) in [5.41, 5.74) is 1.75. The highest BCUT2D eigenvalue weighted by atomic mass is 32.2. The highest BCUT2D eigenvalue weighted by Gasteiger charge is 2.11. The molecular formula is C13H16N2OS. The van der Waals surface area contributed by atoms with Crippen LogP contribution >= 0.6 is 11.8 Å². The van der Waals surface area contributed by atoms with Crippen LogP contribution in [-0.2, 0) is 0 Å². The maximum atomic E-state index is 12.1. The number of fused-ring (bicyclic) bond motifs is 1. The van der Waals surface area contributed by atoms with Crippen LogP contribution in [0, 0.1) is 0 Å². The number of thioether (sulfide) groups is 1. The minimum Gasteiger partial charge on any atom is -0.361 e. The number of aromatic amines is 1. The second-order valence-electron chi connectivity index (χ2n) is 4.00. The van der Waals surface area contributed by atoms with Crippen LogP contribution in [0.4, 0.5) is 0 Å². The molecule has 1 aromatic heterocycles. The lowest BCUT2D eigenvalue weighted by Gasteiger charge is -2.16. The van der Waals surface area contributed by atoms with Crippen LogP contribution in [0.1, 0.15) is 10.4 Å². The number of rotatable bonds is 4. The van der Waals surface area contributed by atoms with Crippen molar-refractivity contribution in [2.75, 3.05) is 25.6 Å². The average Bonchev–Trinajstić information content (AvgIpc) is 2.81. The first kappa shape index (κ1) is 12.0. The second-order valence-corrected chi connectivity index (χ2v) is 4.98. The first-order valence-electron chi connectivity index (χ1n) is 5.54. The van der Waals surface area contributed by atoms with Crippen LogP contribution in [0.3, 0.4) is 0 Å². The summed E-state index contributed by atoms with van der Waals surface area (Å²) < 4.78 is 0. The Morgan fingerprint density at radius 2 is 2.24 bits per heavy atom. The molecule has 0 aliphatic carbocycles. The minimum absolute atomic E-state index is 0.0792. The number of aromatic nitrogens is 1. The van der Waals surface area contributed by atoms with E-state index >= 15 is 0 Å². The molecule has 1 heterocycles. The van der Waals surface area contributed by atoms with Crippen molar-refractivity contribution in [3.05, 3.63) is 36.0 Å². The van der Waals surface area contributed by atoms with E-state index in [9.17, 15) is 4.79 Å². The maximum absolute atomic E-state index is 12.1. The number of amides is 1. The number of nitrogens with zero attached hydrogens (tertiary/aromatic N) is 1. The first-order chi connectivity index (χ1) is 8.22. The predicted octanol–water partition coefficient (Wildman–Crippen LogP) is 2.60. The molecule has 1 N–H and O–H groups in total. The number of carbonyl (C=O) groups is 1. The summed E-state index contributed by atoms with van der Waals surface area (Å²) in [5.74, 6) is 1.04. The topological polar surface area (TPSA) is 36.1 Å². The van der Waals surface area contributed by atoms with Gasteiger partial charge in [0, 0.05) is 36.6 Å². The van der Waals surface area contributed by atoms with E-state index in [-0.39, 0.29) is 5.91 Å². The molecule has 0 spiro atoms. The van der Waals surface area contributed by atoms with Gasteiger partial charge in [-0.15, -0.1) is 0 Å². The highest BCUT2D eigenvalue weighted by molar-refractivity contribution is 7.98. The number of carbonyl (C=O) groups excluding carboxylic acids is 1. The zero-order chi connectivity index (χ0) is 12.3. The van der Waals surface area contributed by atoms with Crippen LogP contribution in [-0.4, -0.2) is 41.4 Å². The molecule has 3 nitrogen and oxygen atoms in total. The summed E-state index contributed by atoms with van der Waals surface area (Å²) in [6.07, 6.45) is 3.93. The Labute approximate surface area is 105 Å². The molecule has 17 heavy (non-hydrogen) atoms. The molecule has 2 rings (SSSR count).